The summed E-state index contributed by atoms with van der Waals surface area (Å²) in [6, 6.07) is 18.0. The third-order valence-electron chi connectivity index (χ3n) is 3.64. The van der Waals surface area contributed by atoms with Crippen molar-refractivity contribution in [2.24, 2.45) is 0 Å². The summed E-state index contributed by atoms with van der Waals surface area (Å²) in [5.74, 6) is 0.285. The maximum Gasteiger partial charge on any atom is 0.146 e. The molecule has 3 heteroatoms. The fourth-order valence-electron chi connectivity index (χ4n) is 2.62. The first-order chi connectivity index (χ1) is 9.98. The Morgan fingerprint density at radius 1 is 0.864 bits per heavy atom. The van der Waals surface area contributed by atoms with Crippen LogP contribution in [0.2, 0.25) is 0 Å². The van der Waals surface area contributed by atoms with E-state index in [2.05, 4.69) is 25.8 Å². The summed E-state index contributed by atoms with van der Waals surface area (Å²) < 4.78 is 0. The van der Waals surface area contributed by atoms with Gasteiger partial charge in [-0.1, -0.05) is 69.3 Å². The summed E-state index contributed by atoms with van der Waals surface area (Å²) in [5, 5.41) is 11.8. The van der Waals surface area contributed by atoms with Crippen molar-refractivity contribution in [1.82, 2.24) is 4.98 Å². The highest BCUT2D eigenvalue weighted by Crippen LogP contribution is 2.41. The van der Waals surface area contributed by atoms with Gasteiger partial charge in [-0.05, 0) is 11.6 Å². The average molecular weight is 314 g/mol. The van der Waals surface area contributed by atoms with E-state index < -0.39 is 0 Å². The average Bonchev–Trinajstić information content (AvgIpc) is 2.46. The van der Waals surface area contributed by atoms with Crippen LogP contribution in [-0.2, 0) is 5.41 Å². The van der Waals surface area contributed by atoms with Crippen molar-refractivity contribution in [3.8, 4) is 16.9 Å². The van der Waals surface area contributed by atoms with Crippen LogP contribution in [-0.4, -0.2) is 10.1 Å². The Labute approximate surface area is 137 Å². The van der Waals surface area contributed by atoms with Gasteiger partial charge in [0.15, 0.2) is 0 Å². The second kappa shape index (κ2) is 5.98. The van der Waals surface area contributed by atoms with E-state index in [4.69, 9.17) is 0 Å². The van der Waals surface area contributed by atoms with Gasteiger partial charge in [0, 0.05) is 16.4 Å². The van der Waals surface area contributed by atoms with Gasteiger partial charge in [-0.15, -0.1) is 12.4 Å². The molecule has 2 aromatic carbocycles. The fourth-order valence-corrected chi connectivity index (χ4v) is 2.62. The van der Waals surface area contributed by atoms with Gasteiger partial charge in [0.2, 0.25) is 0 Å². The number of halogens is 1. The molecule has 0 bridgehead atoms. The monoisotopic (exact) mass is 313 g/mol. The topological polar surface area (TPSA) is 33.1 Å². The third kappa shape index (κ3) is 2.79. The number of nitrogens with zero attached hydrogens (tertiary/aromatic N) is 1. The van der Waals surface area contributed by atoms with Crippen molar-refractivity contribution in [2.75, 3.05) is 0 Å². The zero-order valence-corrected chi connectivity index (χ0v) is 13.8. The number of hydrogen-bond donors (Lipinski definition) is 1. The molecule has 1 aromatic heterocycles. The molecule has 3 aromatic rings. The van der Waals surface area contributed by atoms with Gasteiger partial charge in [-0.2, -0.15) is 0 Å². The molecule has 1 heterocycles. The molecule has 0 saturated carbocycles. The SMILES string of the molecule is CC(C)(C)c1nc2ccccc2c(-c2ccccc2)c1O.Cl. The van der Waals surface area contributed by atoms with E-state index >= 15 is 0 Å². The van der Waals surface area contributed by atoms with Crippen molar-refractivity contribution in [3.63, 3.8) is 0 Å². The molecular formula is C19H20ClNO. The Kier molecular flexibility index (Phi) is 4.43. The summed E-state index contributed by atoms with van der Waals surface area (Å²) in [7, 11) is 0. The molecular weight excluding hydrogens is 294 g/mol. The van der Waals surface area contributed by atoms with Crippen molar-refractivity contribution < 1.29 is 5.11 Å². The summed E-state index contributed by atoms with van der Waals surface area (Å²) in [5.41, 5.74) is 3.32. The lowest BCUT2D eigenvalue weighted by atomic mass is 9.87. The van der Waals surface area contributed by atoms with Crippen LogP contribution in [0, 0.1) is 0 Å². The highest BCUT2D eigenvalue weighted by molar-refractivity contribution is 5.98. The Morgan fingerprint density at radius 2 is 1.45 bits per heavy atom. The Bertz CT molecular complexity index is 792. The van der Waals surface area contributed by atoms with Gasteiger partial charge in [-0.25, -0.2) is 4.98 Å². The van der Waals surface area contributed by atoms with E-state index in [0.29, 0.717) is 0 Å². The molecule has 0 fully saturated rings. The maximum atomic E-state index is 10.8. The maximum absolute atomic E-state index is 10.8. The first-order valence-electron chi connectivity index (χ1n) is 7.16. The molecule has 0 unspecified atom stereocenters. The van der Waals surface area contributed by atoms with E-state index in [-0.39, 0.29) is 23.6 Å². The predicted octanol–water partition coefficient (Wildman–Crippen LogP) is 5.33. The van der Waals surface area contributed by atoms with Crippen molar-refractivity contribution in [3.05, 3.63) is 60.3 Å². The highest BCUT2D eigenvalue weighted by Gasteiger charge is 2.24. The summed E-state index contributed by atoms with van der Waals surface area (Å²) in [6.45, 7) is 6.20. The molecule has 1 N–H and O–H groups in total. The highest BCUT2D eigenvalue weighted by atomic mass is 35.5. The second-order valence-corrected chi connectivity index (χ2v) is 6.32. The van der Waals surface area contributed by atoms with Crippen LogP contribution in [0.5, 0.6) is 5.75 Å². The van der Waals surface area contributed by atoms with Crippen LogP contribution < -0.4 is 0 Å². The van der Waals surface area contributed by atoms with E-state index in [1.165, 1.54) is 0 Å². The van der Waals surface area contributed by atoms with Crippen LogP contribution in [0.3, 0.4) is 0 Å². The van der Waals surface area contributed by atoms with Crippen molar-refractivity contribution >= 4 is 23.3 Å². The fraction of sp³-hybridized carbons (Fsp3) is 0.211. The minimum Gasteiger partial charge on any atom is -0.505 e. The summed E-state index contributed by atoms with van der Waals surface area (Å²) in [4.78, 5) is 4.68. The van der Waals surface area contributed by atoms with Gasteiger partial charge in [0.1, 0.15) is 5.75 Å². The molecule has 0 radical (unpaired) electrons. The molecule has 0 atom stereocenters. The number of rotatable bonds is 1. The molecule has 0 amide bonds. The van der Waals surface area contributed by atoms with Crippen molar-refractivity contribution in [1.29, 1.82) is 0 Å². The summed E-state index contributed by atoms with van der Waals surface area (Å²) >= 11 is 0. The van der Waals surface area contributed by atoms with Gasteiger partial charge in [0.25, 0.3) is 0 Å². The Balaban J connectivity index is 0.00000176. The molecule has 0 aliphatic rings. The Hall–Kier alpha value is -2.06. The van der Waals surface area contributed by atoms with E-state index in [1.807, 2.05) is 54.6 Å². The molecule has 0 aliphatic heterocycles. The van der Waals surface area contributed by atoms with Gasteiger partial charge in [0.05, 0.1) is 11.2 Å². The number of aromatic nitrogens is 1. The molecule has 22 heavy (non-hydrogen) atoms. The molecule has 2 nitrogen and oxygen atoms in total. The zero-order chi connectivity index (χ0) is 15.0. The minimum atomic E-state index is -0.211. The number of hydrogen-bond acceptors (Lipinski definition) is 2. The largest absolute Gasteiger partial charge is 0.505 e. The van der Waals surface area contributed by atoms with Crippen LogP contribution in [0.4, 0.5) is 0 Å². The van der Waals surface area contributed by atoms with E-state index in [0.717, 1.165) is 27.7 Å². The molecule has 3 rings (SSSR count). The van der Waals surface area contributed by atoms with Gasteiger partial charge >= 0.3 is 0 Å². The molecule has 114 valence electrons. The second-order valence-electron chi connectivity index (χ2n) is 6.32. The lowest BCUT2D eigenvalue weighted by molar-refractivity contribution is 0.441. The number of aromatic hydroxyl groups is 1. The van der Waals surface area contributed by atoms with Crippen LogP contribution in [0.1, 0.15) is 26.5 Å². The number of benzene rings is 2. The number of fused-ring (bicyclic) bond motifs is 1. The lowest BCUT2D eigenvalue weighted by Crippen LogP contribution is -2.14. The smallest absolute Gasteiger partial charge is 0.146 e. The minimum absolute atomic E-state index is 0. The van der Waals surface area contributed by atoms with Gasteiger partial charge in [-0.3, -0.25) is 0 Å². The summed E-state index contributed by atoms with van der Waals surface area (Å²) in [6.07, 6.45) is 0. The van der Waals surface area contributed by atoms with Crippen molar-refractivity contribution in [2.45, 2.75) is 26.2 Å². The van der Waals surface area contributed by atoms with Crippen LogP contribution in [0.15, 0.2) is 54.6 Å². The first-order valence-corrected chi connectivity index (χ1v) is 7.16. The van der Waals surface area contributed by atoms with Gasteiger partial charge < -0.3 is 5.11 Å². The van der Waals surface area contributed by atoms with Crippen LogP contribution in [0.25, 0.3) is 22.0 Å². The Morgan fingerprint density at radius 3 is 2.09 bits per heavy atom. The van der Waals surface area contributed by atoms with Crippen LogP contribution >= 0.6 is 12.4 Å². The molecule has 0 saturated heterocycles. The number of para-hydroxylation sites is 1. The molecule has 0 spiro atoms. The number of pyridine rings is 1. The predicted molar refractivity (Wildman–Crippen MR) is 94.8 cm³/mol. The standard InChI is InChI=1S/C19H19NO.ClH/c1-19(2,3)18-17(21)16(13-9-5-4-6-10-13)14-11-7-8-12-15(14)20-18;/h4-12,21H,1-3H3;1H. The normalized spacial score (nSPS) is 11.2. The quantitative estimate of drug-likeness (QED) is 0.659. The zero-order valence-electron chi connectivity index (χ0n) is 13.0. The van der Waals surface area contributed by atoms with E-state index in [9.17, 15) is 5.11 Å². The lowest BCUT2D eigenvalue weighted by Gasteiger charge is -2.22. The third-order valence-corrected chi connectivity index (χ3v) is 3.64. The van der Waals surface area contributed by atoms with E-state index in [1.54, 1.807) is 0 Å². The molecule has 0 aliphatic carbocycles. The first kappa shape index (κ1) is 16.3.